The van der Waals surface area contributed by atoms with Gasteiger partial charge in [-0.3, -0.25) is 9.48 Å². The molecule has 2 aromatic carbocycles. The molecule has 3 aromatic rings. The number of aromatic nitrogens is 2. The van der Waals surface area contributed by atoms with Gasteiger partial charge in [0, 0.05) is 12.7 Å². The highest BCUT2D eigenvalue weighted by Crippen LogP contribution is 2.32. The Labute approximate surface area is 183 Å². The van der Waals surface area contributed by atoms with Crippen molar-refractivity contribution in [1.29, 1.82) is 0 Å². The van der Waals surface area contributed by atoms with Crippen molar-refractivity contribution >= 4 is 15.7 Å². The summed E-state index contributed by atoms with van der Waals surface area (Å²) in [5, 5.41) is 5.77. The fourth-order valence-corrected chi connectivity index (χ4v) is 4.50. The molecule has 0 aliphatic carbocycles. The minimum absolute atomic E-state index is 0.0325. The summed E-state index contributed by atoms with van der Waals surface area (Å²) in [5.74, 6) is -0.942. The third-order valence-corrected chi connectivity index (χ3v) is 6.30. The fraction of sp³-hybridized carbons (Fsp3) is 0.200. The van der Waals surface area contributed by atoms with Crippen LogP contribution in [0.15, 0.2) is 70.6 Å². The molecule has 0 fully saturated rings. The Morgan fingerprint density at radius 1 is 0.970 bits per heavy atom. The van der Waals surface area contributed by atoms with Crippen molar-refractivity contribution in [2.45, 2.75) is 35.2 Å². The van der Waals surface area contributed by atoms with Crippen molar-refractivity contribution in [2.24, 2.45) is 0 Å². The van der Waals surface area contributed by atoms with Gasteiger partial charge in [0.1, 0.15) is 12.2 Å². The third-order valence-electron chi connectivity index (χ3n) is 4.45. The van der Waals surface area contributed by atoms with Crippen LogP contribution in [0.5, 0.6) is 0 Å². The van der Waals surface area contributed by atoms with Crippen LogP contribution < -0.4 is 5.32 Å². The maximum absolute atomic E-state index is 13.0. The molecule has 0 saturated carbocycles. The highest BCUT2D eigenvalue weighted by Gasteiger charge is 2.33. The average Bonchev–Trinajstić information content (AvgIpc) is 3.18. The molecule has 6 nitrogen and oxygen atoms in total. The Morgan fingerprint density at radius 2 is 1.67 bits per heavy atom. The van der Waals surface area contributed by atoms with E-state index in [4.69, 9.17) is 0 Å². The smallest absolute Gasteiger partial charge is 0.347 e. The molecule has 3 rings (SSSR count). The standard InChI is InChI=1S/C20H15F6N3O3S/c21-19(22,23)12-29-16(8-9-28-29)18(30)27-11-13-4-1-2-7-17(13)33(31,32)15-6-3-5-14(10-15)20(24,25)26/h1-10H,11-12H2,(H,27,30). The number of rotatable bonds is 6. The van der Waals surface area contributed by atoms with Crippen LogP contribution >= 0.6 is 0 Å². The molecule has 176 valence electrons. The lowest BCUT2D eigenvalue weighted by molar-refractivity contribution is -0.142. The first-order chi connectivity index (χ1) is 15.3. The first kappa shape index (κ1) is 24.3. The van der Waals surface area contributed by atoms with Gasteiger partial charge in [0.2, 0.25) is 9.84 Å². The van der Waals surface area contributed by atoms with Gasteiger partial charge in [-0.25, -0.2) is 8.42 Å². The van der Waals surface area contributed by atoms with Crippen LogP contribution in [0.2, 0.25) is 0 Å². The summed E-state index contributed by atoms with van der Waals surface area (Å²) in [5.41, 5.74) is -1.51. The molecule has 0 unspecified atom stereocenters. The molecule has 1 N–H and O–H groups in total. The number of halogens is 6. The van der Waals surface area contributed by atoms with Gasteiger partial charge < -0.3 is 5.32 Å². The molecular formula is C20H15F6N3O3S. The summed E-state index contributed by atoms with van der Waals surface area (Å²) in [7, 11) is -4.40. The molecule has 0 saturated heterocycles. The molecule has 1 amide bonds. The molecule has 13 heteroatoms. The Balaban J connectivity index is 1.86. The first-order valence-electron chi connectivity index (χ1n) is 9.16. The van der Waals surface area contributed by atoms with Crippen LogP contribution in [0.1, 0.15) is 21.6 Å². The van der Waals surface area contributed by atoms with Crippen LogP contribution in [-0.2, 0) is 29.1 Å². The summed E-state index contributed by atoms with van der Waals surface area (Å²) in [4.78, 5) is 11.4. The van der Waals surface area contributed by atoms with Crippen LogP contribution in [0.3, 0.4) is 0 Å². The largest absolute Gasteiger partial charge is 0.416 e. The monoisotopic (exact) mass is 491 g/mol. The number of nitrogens with zero attached hydrogens (tertiary/aromatic N) is 2. The lowest BCUT2D eigenvalue weighted by Crippen LogP contribution is -2.29. The number of carbonyl (C=O) groups is 1. The summed E-state index contributed by atoms with van der Waals surface area (Å²) in [6, 6.07) is 9.54. The van der Waals surface area contributed by atoms with E-state index in [2.05, 4.69) is 10.4 Å². The predicted molar refractivity (Wildman–Crippen MR) is 103 cm³/mol. The highest BCUT2D eigenvalue weighted by atomic mass is 32.2. The van der Waals surface area contributed by atoms with E-state index in [1.165, 1.54) is 18.2 Å². The summed E-state index contributed by atoms with van der Waals surface area (Å²) >= 11 is 0. The topological polar surface area (TPSA) is 81.1 Å². The van der Waals surface area contributed by atoms with E-state index in [-0.39, 0.29) is 10.5 Å². The zero-order chi connectivity index (χ0) is 24.4. The van der Waals surface area contributed by atoms with E-state index in [9.17, 15) is 39.6 Å². The normalized spacial score (nSPS) is 12.5. The maximum Gasteiger partial charge on any atom is 0.416 e. The molecule has 1 heterocycles. The zero-order valence-corrected chi connectivity index (χ0v) is 17.3. The van der Waals surface area contributed by atoms with E-state index < -0.39 is 57.3 Å². The number of benzene rings is 2. The van der Waals surface area contributed by atoms with Gasteiger partial charge in [0.15, 0.2) is 0 Å². The van der Waals surface area contributed by atoms with Gasteiger partial charge >= 0.3 is 12.4 Å². The number of amides is 1. The SMILES string of the molecule is O=C(NCc1ccccc1S(=O)(=O)c1cccc(C(F)(F)F)c1)c1ccnn1CC(F)(F)F. The minimum atomic E-state index is -4.75. The van der Waals surface area contributed by atoms with Crippen LogP contribution in [0, 0.1) is 0 Å². The lowest BCUT2D eigenvalue weighted by Gasteiger charge is -2.14. The van der Waals surface area contributed by atoms with E-state index in [0.29, 0.717) is 10.7 Å². The van der Waals surface area contributed by atoms with Gasteiger partial charge in [0.25, 0.3) is 5.91 Å². The van der Waals surface area contributed by atoms with E-state index in [0.717, 1.165) is 36.5 Å². The van der Waals surface area contributed by atoms with Crippen LogP contribution in [0.4, 0.5) is 26.3 Å². The number of carbonyl (C=O) groups excluding carboxylic acids is 1. The fourth-order valence-electron chi connectivity index (χ4n) is 2.97. The summed E-state index contributed by atoms with van der Waals surface area (Å²) in [6.45, 7) is -1.91. The summed E-state index contributed by atoms with van der Waals surface area (Å²) < 4.78 is 103. The number of hydrogen-bond donors (Lipinski definition) is 1. The third kappa shape index (κ3) is 5.72. The molecule has 0 atom stereocenters. The van der Waals surface area contributed by atoms with Gasteiger partial charge in [-0.05, 0) is 35.9 Å². The Bertz CT molecular complexity index is 1270. The maximum atomic E-state index is 13.0. The van der Waals surface area contributed by atoms with Gasteiger partial charge in [-0.1, -0.05) is 24.3 Å². The Kier molecular flexibility index (Phi) is 6.54. The van der Waals surface area contributed by atoms with Crippen molar-refractivity contribution in [3.63, 3.8) is 0 Å². The molecule has 1 aromatic heterocycles. The second-order valence-electron chi connectivity index (χ2n) is 6.81. The lowest BCUT2D eigenvalue weighted by atomic mass is 10.2. The van der Waals surface area contributed by atoms with Gasteiger partial charge in [-0.2, -0.15) is 31.4 Å². The number of nitrogens with one attached hydrogen (secondary N) is 1. The van der Waals surface area contributed by atoms with Crippen molar-refractivity contribution in [2.75, 3.05) is 0 Å². The quantitative estimate of drug-likeness (QED) is 0.524. The molecule has 33 heavy (non-hydrogen) atoms. The van der Waals surface area contributed by atoms with Gasteiger partial charge in [0.05, 0.1) is 15.4 Å². The van der Waals surface area contributed by atoms with Crippen molar-refractivity contribution < 1.29 is 39.6 Å². The van der Waals surface area contributed by atoms with Crippen molar-refractivity contribution in [1.82, 2.24) is 15.1 Å². The zero-order valence-electron chi connectivity index (χ0n) is 16.5. The average molecular weight is 491 g/mol. The molecule has 0 aliphatic heterocycles. The van der Waals surface area contributed by atoms with Gasteiger partial charge in [-0.15, -0.1) is 0 Å². The van der Waals surface area contributed by atoms with Crippen LogP contribution in [0.25, 0.3) is 0 Å². The number of hydrogen-bond acceptors (Lipinski definition) is 4. The number of sulfone groups is 1. The minimum Gasteiger partial charge on any atom is -0.347 e. The highest BCUT2D eigenvalue weighted by molar-refractivity contribution is 7.91. The first-order valence-corrected chi connectivity index (χ1v) is 10.6. The molecular weight excluding hydrogens is 476 g/mol. The molecule has 0 bridgehead atoms. The number of alkyl halides is 6. The van der Waals surface area contributed by atoms with Crippen molar-refractivity contribution in [3.8, 4) is 0 Å². The molecule has 0 radical (unpaired) electrons. The Morgan fingerprint density at radius 3 is 2.33 bits per heavy atom. The second kappa shape index (κ2) is 8.89. The van der Waals surface area contributed by atoms with E-state index in [1.807, 2.05) is 0 Å². The van der Waals surface area contributed by atoms with Crippen LogP contribution in [-0.4, -0.2) is 30.3 Å². The second-order valence-corrected chi connectivity index (χ2v) is 8.73. The Hall–Kier alpha value is -3.35. The summed E-state index contributed by atoms with van der Waals surface area (Å²) in [6.07, 6.45) is -8.36. The van der Waals surface area contributed by atoms with E-state index >= 15 is 0 Å². The molecule has 0 aliphatic rings. The predicted octanol–water partition coefficient (Wildman–Crippen LogP) is 4.23. The van der Waals surface area contributed by atoms with Crippen molar-refractivity contribution in [3.05, 3.63) is 77.6 Å². The van der Waals surface area contributed by atoms with E-state index in [1.54, 1.807) is 0 Å². The molecule has 0 spiro atoms.